The normalized spacial score (nSPS) is 12.0. The standard InChI is InChI=1S/C27H57Si/c1-5-6-7-8-9-10-11-12-13-14-15-16-17-18-19-20-21-22-23-24-25-26-27-28(2,3)4/h27H,5-26H2,1-4H3. The second kappa shape index (κ2) is 21.9. The van der Waals surface area contributed by atoms with E-state index in [1.807, 2.05) is 0 Å². The molecule has 0 aromatic heterocycles. The first-order chi connectivity index (χ1) is 13.6. The molecule has 1 heteroatoms. The minimum absolute atomic E-state index is 0.898. The van der Waals surface area contributed by atoms with Gasteiger partial charge in [-0.2, -0.15) is 0 Å². The van der Waals surface area contributed by atoms with E-state index in [1.54, 1.807) is 0 Å². The summed E-state index contributed by atoms with van der Waals surface area (Å²) in [4.78, 5) is 0. The van der Waals surface area contributed by atoms with E-state index in [1.165, 1.54) is 141 Å². The number of unbranched alkanes of at least 4 members (excludes halogenated alkanes) is 21. The topological polar surface area (TPSA) is 0 Å². The molecular weight excluding hydrogens is 352 g/mol. The van der Waals surface area contributed by atoms with E-state index in [-0.39, 0.29) is 0 Å². The summed E-state index contributed by atoms with van der Waals surface area (Å²) in [6, 6.07) is 2.63. The van der Waals surface area contributed by atoms with Crippen molar-refractivity contribution >= 4 is 8.07 Å². The molecule has 0 saturated carbocycles. The van der Waals surface area contributed by atoms with Crippen molar-refractivity contribution < 1.29 is 0 Å². The first kappa shape index (κ1) is 28.2. The smallest absolute Gasteiger partial charge is 0.0473 e. The summed E-state index contributed by atoms with van der Waals surface area (Å²) in [6.07, 6.45) is 32.3. The van der Waals surface area contributed by atoms with E-state index >= 15 is 0 Å². The van der Waals surface area contributed by atoms with Crippen LogP contribution in [0, 0.1) is 6.04 Å². The maximum atomic E-state index is 2.63. The van der Waals surface area contributed by atoms with Gasteiger partial charge in [-0.25, -0.2) is 0 Å². The first-order valence-electron chi connectivity index (χ1n) is 13.4. The fourth-order valence-corrected chi connectivity index (χ4v) is 5.18. The highest BCUT2D eigenvalue weighted by Gasteiger charge is 2.11. The van der Waals surface area contributed by atoms with Crippen LogP contribution in [0.2, 0.25) is 19.6 Å². The fourth-order valence-electron chi connectivity index (χ4n) is 4.11. The highest BCUT2D eigenvalue weighted by molar-refractivity contribution is 6.79. The van der Waals surface area contributed by atoms with Crippen LogP contribution in [0.15, 0.2) is 0 Å². The van der Waals surface area contributed by atoms with Crippen LogP contribution in [0.1, 0.15) is 148 Å². The van der Waals surface area contributed by atoms with Crippen LogP contribution in [0.5, 0.6) is 0 Å². The third-order valence-electron chi connectivity index (χ3n) is 6.06. The predicted molar refractivity (Wildman–Crippen MR) is 135 cm³/mol. The van der Waals surface area contributed by atoms with E-state index in [0.29, 0.717) is 0 Å². The van der Waals surface area contributed by atoms with Crippen LogP contribution in [-0.4, -0.2) is 8.07 Å². The van der Waals surface area contributed by atoms with Crippen molar-refractivity contribution in [2.45, 2.75) is 168 Å². The maximum absolute atomic E-state index is 2.63. The van der Waals surface area contributed by atoms with Crippen molar-refractivity contribution in [3.8, 4) is 0 Å². The Balaban J connectivity index is 3.01. The molecule has 0 unspecified atom stereocenters. The summed E-state index contributed by atoms with van der Waals surface area (Å²) in [6.45, 7) is 9.65. The van der Waals surface area contributed by atoms with Gasteiger partial charge in [-0.15, -0.1) is 0 Å². The lowest BCUT2D eigenvalue weighted by Gasteiger charge is -2.14. The Morgan fingerprint density at radius 2 is 0.643 bits per heavy atom. The second-order valence-electron chi connectivity index (χ2n) is 10.4. The summed E-state index contributed by atoms with van der Waals surface area (Å²) in [5.74, 6) is 0. The molecule has 0 aliphatic carbocycles. The van der Waals surface area contributed by atoms with Gasteiger partial charge in [0.15, 0.2) is 0 Å². The molecule has 0 spiro atoms. The summed E-state index contributed by atoms with van der Waals surface area (Å²) < 4.78 is 0. The predicted octanol–water partition coefficient (Wildman–Crippen LogP) is 10.7. The molecule has 0 fully saturated rings. The molecular formula is C27H57Si. The average Bonchev–Trinajstić information content (AvgIpc) is 2.65. The van der Waals surface area contributed by atoms with Crippen molar-refractivity contribution in [2.24, 2.45) is 0 Å². The molecule has 0 atom stereocenters. The van der Waals surface area contributed by atoms with Gasteiger partial charge in [0.1, 0.15) is 0 Å². The van der Waals surface area contributed by atoms with Gasteiger partial charge in [0.05, 0.1) is 0 Å². The molecule has 0 bridgehead atoms. The van der Waals surface area contributed by atoms with Crippen molar-refractivity contribution in [1.82, 2.24) is 0 Å². The Morgan fingerprint density at radius 1 is 0.393 bits per heavy atom. The first-order valence-corrected chi connectivity index (χ1v) is 17.0. The Bertz CT molecular complexity index is 278. The van der Waals surface area contributed by atoms with Crippen LogP contribution in [0.3, 0.4) is 0 Å². The van der Waals surface area contributed by atoms with Crippen LogP contribution >= 0.6 is 0 Å². The Hall–Kier alpha value is 0.217. The summed E-state index contributed by atoms with van der Waals surface area (Å²) >= 11 is 0. The van der Waals surface area contributed by atoms with Gasteiger partial charge in [-0.3, -0.25) is 0 Å². The molecule has 0 aliphatic rings. The molecule has 28 heavy (non-hydrogen) atoms. The monoisotopic (exact) mass is 409 g/mol. The molecule has 0 N–H and O–H groups in total. The van der Waals surface area contributed by atoms with E-state index in [2.05, 4.69) is 32.6 Å². The molecule has 0 aromatic carbocycles. The number of hydrogen-bond donors (Lipinski definition) is 0. The van der Waals surface area contributed by atoms with Crippen molar-refractivity contribution in [1.29, 1.82) is 0 Å². The quantitative estimate of drug-likeness (QED) is 0.116. The van der Waals surface area contributed by atoms with Crippen LogP contribution < -0.4 is 0 Å². The van der Waals surface area contributed by atoms with Crippen molar-refractivity contribution in [2.75, 3.05) is 0 Å². The molecule has 169 valence electrons. The summed E-state index contributed by atoms with van der Waals surface area (Å²) in [7, 11) is -0.898. The lowest BCUT2D eigenvalue weighted by atomic mass is 10.0. The number of rotatable bonds is 23. The van der Waals surface area contributed by atoms with Crippen LogP contribution in [0.25, 0.3) is 0 Å². The molecule has 0 heterocycles. The molecule has 0 rings (SSSR count). The summed E-state index contributed by atoms with van der Waals surface area (Å²) in [5, 5.41) is 0. The van der Waals surface area contributed by atoms with Gasteiger partial charge in [0, 0.05) is 8.07 Å². The molecule has 0 amide bonds. The van der Waals surface area contributed by atoms with Gasteiger partial charge >= 0.3 is 0 Å². The van der Waals surface area contributed by atoms with Gasteiger partial charge in [-0.1, -0.05) is 168 Å². The van der Waals surface area contributed by atoms with Gasteiger partial charge in [0.25, 0.3) is 0 Å². The average molecular weight is 410 g/mol. The van der Waals surface area contributed by atoms with Gasteiger partial charge < -0.3 is 0 Å². The zero-order chi connectivity index (χ0) is 20.8. The van der Waals surface area contributed by atoms with Gasteiger partial charge in [-0.05, 0) is 6.04 Å². The summed E-state index contributed by atoms with van der Waals surface area (Å²) in [5.41, 5.74) is 0. The third-order valence-corrected chi connectivity index (χ3v) is 7.58. The van der Waals surface area contributed by atoms with E-state index in [0.717, 1.165) is 0 Å². The zero-order valence-electron chi connectivity index (χ0n) is 20.6. The second-order valence-corrected chi connectivity index (χ2v) is 15.6. The van der Waals surface area contributed by atoms with E-state index in [4.69, 9.17) is 0 Å². The molecule has 0 aliphatic heterocycles. The van der Waals surface area contributed by atoms with Crippen LogP contribution in [-0.2, 0) is 0 Å². The maximum Gasteiger partial charge on any atom is 0.0473 e. The molecule has 1 radical (unpaired) electrons. The Kier molecular flexibility index (Phi) is 22.1. The number of hydrogen-bond acceptors (Lipinski definition) is 0. The van der Waals surface area contributed by atoms with Gasteiger partial charge in [0.2, 0.25) is 0 Å². The molecule has 0 nitrogen and oxygen atoms in total. The highest BCUT2D eigenvalue weighted by Crippen LogP contribution is 2.16. The Morgan fingerprint density at radius 3 is 0.893 bits per heavy atom. The van der Waals surface area contributed by atoms with Crippen molar-refractivity contribution in [3.05, 3.63) is 6.04 Å². The molecule has 0 saturated heterocycles. The fraction of sp³-hybridized carbons (Fsp3) is 0.963. The highest BCUT2D eigenvalue weighted by atomic mass is 28.3. The van der Waals surface area contributed by atoms with E-state index < -0.39 is 8.07 Å². The SMILES string of the molecule is CCCCCCCCCCCCCCCCCCCCCCC[CH][Si](C)(C)C. The van der Waals surface area contributed by atoms with Crippen molar-refractivity contribution in [3.63, 3.8) is 0 Å². The van der Waals surface area contributed by atoms with Crippen LogP contribution in [0.4, 0.5) is 0 Å². The minimum Gasteiger partial charge on any atom is -0.0693 e. The Labute approximate surface area is 182 Å². The lowest BCUT2D eigenvalue weighted by molar-refractivity contribution is 0.520. The largest absolute Gasteiger partial charge is 0.0693 e. The zero-order valence-corrected chi connectivity index (χ0v) is 21.6. The molecule has 0 aromatic rings. The lowest BCUT2D eigenvalue weighted by Crippen LogP contribution is -2.20. The third kappa shape index (κ3) is 26.2. The minimum atomic E-state index is -0.898. The van der Waals surface area contributed by atoms with E-state index in [9.17, 15) is 0 Å².